The number of aromatic nitrogens is 1. The average Bonchev–Trinajstić information content (AvgIpc) is 3.70. The number of anilines is 1. The van der Waals surface area contributed by atoms with Gasteiger partial charge in [0.15, 0.2) is 17.3 Å². The largest absolute Gasteiger partial charge is 0.493 e. The summed E-state index contributed by atoms with van der Waals surface area (Å²) in [6, 6.07) is 21.5. The van der Waals surface area contributed by atoms with Crippen LogP contribution in [-0.2, 0) is 26.4 Å². The minimum atomic E-state index is -0.425. The maximum Gasteiger partial charge on any atom is 0.255 e. The van der Waals surface area contributed by atoms with Crippen molar-refractivity contribution in [3.63, 3.8) is 0 Å². The summed E-state index contributed by atoms with van der Waals surface area (Å²) < 4.78 is 29.1. The van der Waals surface area contributed by atoms with Crippen molar-refractivity contribution in [3.8, 4) is 45.6 Å². The highest BCUT2D eigenvalue weighted by Crippen LogP contribution is 2.42. The molecule has 0 saturated heterocycles. The van der Waals surface area contributed by atoms with Gasteiger partial charge in [-0.15, -0.1) is 0 Å². The van der Waals surface area contributed by atoms with Gasteiger partial charge in [0, 0.05) is 28.4 Å². The van der Waals surface area contributed by atoms with Crippen molar-refractivity contribution in [1.82, 2.24) is 10.5 Å². The fraction of sp³-hybridized carbons (Fsp3) is 0.300. The van der Waals surface area contributed by atoms with Crippen LogP contribution in [0.2, 0.25) is 0 Å². The molecule has 6 N–H and O–H groups in total. The number of fused-ring (bicyclic) bond motifs is 1. The van der Waals surface area contributed by atoms with Crippen LogP contribution in [0.4, 0.5) is 5.69 Å². The van der Waals surface area contributed by atoms with E-state index in [0.717, 1.165) is 30.5 Å². The second-order valence-corrected chi connectivity index (χ2v) is 12.4. The lowest BCUT2D eigenvalue weighted by Gasteiger charge is -2.28. The number of benzene rings is 4. The lowest BCUT2D eigenvalue weighted by molar-refractivity contribution is 0.0935. The van der Waals surface area contributed by atoms with E-state index in [1.807, 2.05) is 36.4 Å². The number of amides is 1. The van der Waals surface area contributed by atoms with E-state index in [0.29, 0.717) is 86.6 Å². The summed E-state index contributed by atoms with van der Waals surface area (Å²) in [5.74, 6) is 2.22. The lowest BCUT2D eigenvalue weighted by atomic mass is 9.97. The second kappa shape index (κ2) is 17.3. The van der Waals surface area contributed by atoms with E-state index >= 15 is 0 Å². The zero-order valence-electron chi connectivity index (χ0n) is 29.6. The third-order valence-corrected chi connectivity index (χ3v) is 9.11. The fourth-order valence-electron chi connectivity index (χ4n) is 6.30. The first-order chi connectivity index (χ1) is 25.9. The summed E-state index contributed by atoms with van der Waals surface area (Å²) in [5, 5.41) is 49.9. The van der Waals surface area contributed by atoms with Crippen LogP contribution in [0.15, 0.2) is 77.3 Å². The average molecular weight is 726 g/mol. The van der Waals surface area contributed by atoms with Gasteiger partial charge in [-0.2, -0.15) is 0 Å². The molecule has 1 aromatic heterocycles. The van der Waals surface area contributed by atoms with E-state index < -0.39 is 6.17 Å². The van der Waals surface area contributed by atoms with Gasteiger partial charge in [-0.25, -0.2) is 0 Å². The van der Waals surface area contributed by atoms with Gasteiger partial charge in [-0.05, 0) is 90.0 Å². The molecule has 278 valence electrons. The molecular formula is C40H43N3O10. The monoisotopic (exact) mass is 725 g/mol. The van der Waals surface area contributed by atoms with Crippen molar-refractivity contribution in [2.75, 3.05) is 32.8 Å². The Labute approximate surface area is 306 Å². The number of hydrogen-bond acceptors (Lipinski definition) is 12. The van der Waals surface area contributed by atoms with Crippen molar-refractivity contribution < 1.29 is 48.7 Å². The summed E-state index contributed by atoms with van der Waals surface area (Å²) in [6.07, 6.45) is 1.90. The number of carbonyl (C=O) groups excluding carboxylic acids is 1. The Hall–Kier alpha value is -5.60. The minimum absolute atomic E-state index is 0.158. The Morgan fingerprint density at radius 2 is 1.38 bits per heavy atom. The Morgan fingerprint density at radius 1 is 0.698 bits per heavy atom. The van der Waals surface area contributed by atoms with Gasteiger partial charge in [0.1, 0.15) is 17.6 Å². The molecule has 1 unspecified atom stereocenters. The number of hydrogen-bond donors (Lipinski definition) is 6. The molecular weight excluding hydrogens is 682 g/mol. The molecule has 2 heterocycles. The molecule has 1 atom stereocenters. The van der Waals surface area contributed by atoms with Gasteiger partial charge in [-0.3, -0.25) is 4.79 Å². The molecule has 5 aromatic rings. The highest BCUT2D eigenvalue weighted by molar-refractivity contribution is 6.01. The summed E-state index contributed by atoms with van der Waals surface area (Å²) in [5.41, 5.74) is 6.02. The van der Waals surface area contributed by atoms with Crippen molar-refractivity contribution in [2.45, 2.75) is 51.9 Å². The van der Waals surface area contributed by atoms with Crippen molar-refractivity contribution in [3.05, 3.63) is 106 Å². The Balaban J connectivity index is 1.02. The molecule has 53 heavy (non-hydrogen) atoms. The maximum atomic E-state index is 12.6. The molecule has 0 radical (unpaired) electrons. The second-order valence-electron chi connectivity index (χ2n) is 12.4. The molecule has 0 spiro atoms. The van der Waals surface area contributed by atoms with Crippen molar-refractivity contribution in [2.24, 2.45) is 0 Å². The Kier molecular flexibility index (Phi) is 12.1. The number of rotatable bonds is 17. The zero-order chi connectivity index (χ0) is 37.3. The molecule has 1 amide bonds. The first-order valence-electron chi connectivity index (χ1n) is 17.3. The molecule has 6 rings (SSSR count). The third-order valence-electron chi connectivity index (χ3n) is 9.11. The fourth-order valence-corrected chi connectivity index (χ4v) is 6.30. The number of carbonyl (C=O) groups is 1. The number of aliphatic hydroxyl groups is 4. The summed E-state index contributed by atoms with van der Waals surface area (Å²) in [4.78, 5) is 12.6. The predicted molar refractivity (Wildman–Crippen MR) is 196 cm³/mol. The molecule has 1 aliphatic rings. The van der Waals surface area contributed by atoms with Crippen molar-refractivity contribution in [1.29, 1.82) is 0 Å². The van der Waals surface area contributed by atoms with Crippen LogP contribution in [0.25, 0.3) is 22.6 Å². The van der Waals surface area contributed by atoms with Crippen LogP contribution in [0.5, 0.6) is 23.0 Å². The number of nitrogens with zero attached hydrogens (tertiary/aromatic N) is 1. The highest BCUT2D eigenvalue weighted by atomic mass is 16.5. The first-order valence-corrected chi connectivity index (χ1v) is 17.3. The molecule has 4 aromatic carbocycles. The van der Waals surface area contributed by atoms with Crippen LogP contribution >= 0.6 is 0 Å². The van der Waals surface area contributed by atoms with E-state index in [2.05, 4.69) is 15.8 Å². The van der Waals surface area contributed by atoms with Crippen LogP contribution < -0.4 is 29.6 Å². The zero-order valence-corrected chi connectivity index (χ0v) is 29.6. The normalized spacial score (nSPS) is 13.5. The minimum Gasteiger partial charge on any atom is -0.493 e. The topological polar surface area (TPSA) is 185 Å². The van der Waals surface area contributed by atoms with Crippen LogP contribution in [-0.4, -0.2) is 58.9 Å². The number of aliphatic hydroxyl groups excluding tert-OH is 4. The van der Waals surface area contributed by atoms with Crippen LogP contribution in [0, 0.1) is 0 Å². The predicted octanol–water partition coefficient (Wildman–Crippen LogP) is 5.48. The van der Waals surface area contributed by atoms with E-state index in [1.165, 1.54) is 0 Å². The maximum absolute atomic E-state index is 12.6. The third kappa shape index (κ3) is 8.23. The molecule has 1 aliphatic heterocycles. The molecule has 0 saturated carbocycles. The van der Waals surface area contributed by atoms with E-state index in [4.69, 9.17) is 23.5 Å². The SMILES string of the molecule is COc1cc(-c2cc(-c3cc(CO)c(CO)c(CO)c3)on2)cc(OC)c1OCCCCCOc1ccc(C2NC(=O)c3ccccc3N2)cc1CO. The molecule has 13 heteroatoms. The standard InChI is InChI=1S/C40H43N3O10/c1-49-36-17-25(33-19-35(53-43-33)26-15-27(20-44)31(23-47)28(16-26)21-45)18-37(50-2)38(36)52-13-7-3-6-12-51-34-11-10-24(14-29(34)22-46)39-41-32-9-5-4-8-30(32)40(48)42-39/h4-5,8-11,14-19,39,41,44-47H,3,6-7,12-13,20-23H2,1-2H3,(H,42,48). The number of methoxy groups -OCH3 is 2. The molecule has 0 bridgehead atoms. The number of nitrogens with one attached hydrogen (secondary N) is 2. The molecule has 0 fully saturated rings. The van der Waals surface area contributed by atoms with E-state index in [-0.39, 0.29) is 32.3 Å². The lowest BCUT2D eigenvalue weighted by Crippen LogP contribution is -2.38. The Morgan fingerprint density at radius 3 is 2.04 bits per heavy atom. The number of unbranched alkanes of at least 4 members (excludes halogenated alkanes) is 2. The number of ether oxygens (including phenoxy) is 4. The van der Waals surface area contributed by atoms with E-state index in [1.54, 1.807) is 50.6 Å². The Bertz CT molecular complexity index is 2000. The van der Waals surface area contributed by atoms with Crippen LogP contribution in [0.3, 0.4) is 0 Å². The smallest absolute Gasteiger partial charge is 0.255 e. The summed E-state index contributed by atoms with van der Waals surface area (Å²) >= 11 is 0. The van der Waals surface area contributed by atoms with Gasteiger partial charge >= 0.3 is 0 Å². The molecule has 0 aliphatic carbocycles. The number of para-hydroxylation sites is 1. The van der Waals surface area contributed by atoms with Gasteiger partial charge in [0.25, 0.3) is 5.91 Å². The quantitative estimate of drug-likeness (QED) is 0.0665. The molecule has 13 nitrogen and oxygen atoms in total. The highest BCUT2D eigenvalue weighted by Gasteiger charge is 2.25. The van der Waals surface area contributed by atoms with Gasteiger partial charge in [0.2, 0.25) is 5.75 Å². The van der Waals surface area contributed by atoms with Gasteiger partial charge < -0.3 is 54.5 Å². The first kappa shape index (κ1) is 37.2. The van der Waals surface area contributed by atoms with Gasteiger partial charge in [0.05, 0.1) is 59.4 Å². The van der Waals surface area contributed by atoms with Gasteiger partial charge in [-0.1, -0.05) is 23.4 Å². The summed E-state index contributed by atoms with van der Waals surface area (Å²) in [6.45, 7) is -0.264. The van der Waals surface area contributed by atoms with E-state index in [9.17, 15) is 25.2 Å². The van der Waals surface area contributed by atoms with Crippen LogP contribution in [0.1, 0.15) is 63.6 Å². The van der Waals surface area contributed by atoms with Crippen molar-refractivity contribution >= 4 is 11.6 Å². The summed E-state index contributed by atoms with van der Waals surface area (Å²) in [7, 11) is 3.08.